The van der Waals surface area contributed by atoms with E-state index in [1.54, 1.807) is 11.1 Å². The Hall–Kier alpha value is -7.56. The Labute approximate surface area is 493 Å². The van der Waals surface area contributed by atoms with Gasteiger partial charge in [-0.1, -0.05) is 131 Å². The number of fused-ring (bicyclic) bond motifs is 15. The van der Waals surface area contributed by atoms with Crippen LogP contribution >= 0.6 is 0 Å². The molecule has 4 unspecified atom stereocenters. The minimum atomic E-state index is -0.170. The molecule has 0 saturated heterocycles. The molecule has 84 heavy (non-hydrogen) atoms. The van der Waals surface area contributed by atoms with Crippen molar-refractivity contribution in [1.29, 1.82) is 0 Å². The van der Waals surface area contributed by atoms with Gasteiger partial charge in [0.15, 0.2) is 0 Å². The monoisotopic (exact) mass is 1080 g/mol. The summed E-state index contributed by atoms with van der Waals surface area (Å²) in [7, 11) is 0. The molecule has 10 aliphatic carbocycles. The second-order valence-corrected chi connectivity index (χ2v) is 30.8. The van der Waals surface area contributed by atoms with E-state index in [0.29, 0.717) is 16.2 Å². The summed E-state index contributed by atoms with van der Waals surface area (Å²) >= 11 is 0. The number of aromatic nitrogens is 1. The first-order valence-corrected chi connectivity index (χ1v) is 32.5. The van der Waals surface area contributed by atoms with Crippen molar-refractivity contribution in [1.82, 2.24) is 4.48 Å². The maximum Gasteiger partial charge on any atom is 0.333 e. The van der Waals surface area contributed by atoms with Crippen molar-refractivity contribution in [3.8, 4) is 33.4 Å². The van der Waals surface area contributed by atoms with Crippen LogP contribution in [0.5, 0.6) is 0 Å². The second-order valence-electron chi connectivity index (χ2n) is 30.8. The van der Waals surface area contributed by atoms with E-state index in [2.05, 4.69) is 224 Å². The molecule has 0 radical (unpaired) electrons. The van der Waals surface area contributed by atoms with E-state index in [9.17, 15) is 0 Å². The molecular weight excluding hydrogens is 1010 g/mol. The zero-order valence-electron chi connectivity index (χ0n) is 48.8. The van der Waals surface area contributed by atoms with Gasteiger partial charge in [0.05, 0.1) is 0 Å². The third kappa shape index (κ3) is 4.96. The quantitative estimate of drug-likeness (QED) is 0.154. The molecule has 8 fully saturated rings. The van der Waals surface area contributed by atoms with Crippen LogP contribution in [0, 0.1) is 46.3 Å². The summed E-state index contributed by atoms with van der Waals surface area (Å²) < 4.78 is 2.93. The van der Waals surface area contributed by atoms with Crippen LogP contribution in [-0.4, -0.2) is 11.3 Å². The van der Waals surface area contributed by atoms with E-state index in [1.165, 1.54) is 187 Å². The van der Waals surface area contributed by atoms with Crippen molar-refractivity contribution in [3.63, 3.8) is 0 Å². The number of hydrogen-bond donors (Lipinski definition) is 0. The first-order valence-electron chi connectivity index (χ1n) is 32.5. The second kappa shape index (κ2) is 14.4. The number of benzene rings is 9. The molecule has 8 saturated carbocycles. The Morgan fingerprint density at radius 3 is 1.60 bits per heavy atom. The van der Waals surface area contributed by atoms with E-state index < -0.39 is 0 Å². The lowest BCUT2D eigenvalue weighted by Gasteiger charge is -2.66. The third-order valence-corrected chi connectivity index (χ3v) is 27.4. The minimum absolute atomic E-state index is 0.0637. The van der Waals surface area contributed by atoms with Gasteiger partial charge in [0, 0.05) is 72.3 Å². The van der Waals surface area contributed by atoms with Crippen molar-refractivity contribution in [2.45, 2.75) is 114 Å². The predicted molar refractivity (Wildman–Crippen MR) is 345 cm³/mol. The molecule has 0 amide bonds. The van der Waals surface area contributed by atoms with Gasteiger partial charge in [0.25, 0.3) is 0 Å². The summed E-state index contributed by atoms with van der Waals surface area (Å²) in [5.74, 6) is 5.69. The SMILES string of the molecule is CC1(C)c2ccccc2-c2ccc(N3c4cc5c(cc4B4c6c(cc(N(c7ccccc7)c7ccccc7)cc63)-c3cc(C67CC8CC9CC(C6)C98C7)cc6c7cc(C89CC%10CC%11CC(C8)C%11%10C9)ccc7n4c36)C(C)(C)c3ccccc3-5)cc21. The third-order valence-electron chi connectivity index (χ3n) is 27.4. The number of nitrogens with zero attached hydrogens (tertiary/aromatic N) is 3. The highest BCUT2D eigenvalue weighted by atomic mass is 15.2. The van der Waals surface area contributed by atoms with E-state index in [-0.39, 0.29) is 23.1 Å². The highest BCUT2D eigenvalue weighted by molar-refractivity contribution is 6.90. The highest BCUT2D eigenvalue weighted by Crippen LogP contribution is 2.86. The molecule has 4 heteroatoms. The Kier molecular flexibility index (Phi) is 7.85. The standard InChI is InChI=1S/C80H68BN3/c1-75(2)65-21-13-11-19-57(65)59-25-24-55(35-67(59)75)83-71-37-60-58-20-12-14-22-66(58)76(3,4)68(60)38-69(71)81-73-62(34-56(36-72(73)83)82(53-15-7-5-8-16-53)54-17-9-6-10-18-54)64-33-46(78-41-51-29-48-30-52(42-78)80(48,51)44-78)32-63-61-31-45(23-26-70(61)84(81)74(63)64)77-39-49-27-47-28-50(40-77)79(47,49)43-77/h5-26,31-38,47-52H,27-30,39-44H2,1-4H3. The summed E-state index contributed by atoms with van der Waals surface area (Å²) in [6.07, 6.45) is 14.4. The molecule has 4 atom stereocenters. The Morgan fingerprint density at radius 1 is 0.417 bits per heavy atom. The fourth-order valence-corrected chi connectivity index (χ4v) is 24.0. The maximum atomic E-state index is 2.93. The number of anilines is 6. The van der Waals surface area contributed by atoms with Crippen molar-refractivity contribution in [2.75, 3.05) is 9.80 Å². The van der Waals surface area contributed by atoms with Gasteiger partial charge in [-0.15, -0.1) is 0 Å². The minimum Gasteiger partial charge on any atom is -0.375 e. The Morgan fingerprint density at radius 2 is 0.976 bits per heavy atom. The highest BCUT2D eigenvalue weighted by Gasteiger charge is 2.78. The Bertz CT molecular complexity index is 4660. The number of para-hydroxylation sites is 2. The normalized spacial score (nSPS) is 31.4. The maximum absolute atomic E-state index is 2.93. The van der Waals surface area contributed by atoms with Crippen LogP contribution in [0.25, 0.3) is 55.2 Å². The summed E-state index contributed by atoms with van der Waals surface area (Å²) in [6.45, 7) is 9.80. The van der Waals surface area contributed by atoms with Crippen LogP contribution in [0.15, 0.2) is 182 Å². The van der Waals surface area contributed by atoms with Gasteiger partial charge < -0.3 is 14.3 Å². The lowest BCUT2D eigenvalue weighted by molar-refractivity contribution is -0.175. The van der Waals surface area contributed by atoms with E-state index >= 15 is 0 Å². The molecule has 12 aliphatic rings. The summed E-state index contributed by atoms with van der Waals surface area (Å²) in [5.41, 5.74) is 31.8. The predicted octanol–water partition coefficient (Wildman–Crippen LogP) is 18.4. The van der Waals surface area contributed by atoms with Gasteiger partial charge in [0.2, 0.25) is 0 Å². The molecule has 2 spiro atoms. The first kappa shape index (κ1) is 45.8. The topological polar surface area (TPSA) is 11.4 Å². The molecule has 3 nitrogen and oxygen atoms in total. The average Bonchev–Trinajstić information content (AvgIpc) is 1.53. The molecule has 9 aromatic carbocycles. The largest absolute Gasteiger partial charge is 0.375 e. The number of rotatable bonds is 6. The van der Waals surface area contributed by atoms with E-state index in [0.717, 1.165) is 35.5 Å². The molecule has 1 aromatic heterocycles. The fraction of sp³-hybridized carbons (Fsp3) is 0.325. The fourth-order valence-electron chi connectivity index (χ4n) is 24.0. The zero-order valence-corrected chi connectivity index (χ0v) is 48.8. The summed E-state index contributed by atoms with van der Waals surface area (Å²) in [5, 5.41) is 3.01. The van der Waals surface area contributed by atoms with Crippen LogP contribution < -0.4 is 20.7 Å². The number of hydrogen-bond acceptors (Lipinski definition) is 2. The average molecular weight is 1080 g/mol. The van der Waals surface area contributed by atoms with Crippen molar-refractivity contribution in [2.24, 2.45) is 46.3 Å². The van der Waals surface area contributed by atoms with Gasteiger partial charge in [0.1, 0.15) is 0 Å². The van der Waals surface area contributed by atoms with Crippen LogP contribution in [0.4, 0.5) is 34.1 Å². The van der Waals surface area contributed by atoms with E-state index in [4.69, 9.17) is 0 Å². The van der Waals surface area contributed by atoms with Crippen LogP contribution in [-0.2, 0) is 21.7 Å². The van der Waals surface area contributed by atoms with Gasteiger partial charge in [-0.05, 0) is 272 Å². The van der Waals surface area contributed by atoms with Crippen LogP contribution in [0.3, 0.4) is 0 Å². The summed E-state index contributed by atoms with van der Waals surface area (Å²) in [4.78, 5) is 5.30. The molecule has 3 heterocycles. The lowest BCUT2D eigenvalue weighted by Crippen LogP contribution is -2.59. The van der Waals surface area contributed by atoms with Gasteiger partial charge >= 0.3 is 6.85 Å². The first-order chi connectivity index (χ1) is 41.0. The van der Waals surface area contributed by atoms with Gasteiger partial charge in [-0.3, -0.25) is 0 Å². The molecule has 0 N–H and O–H groups in total. The summed E-state index contributed by atoms with van der Waals surface area (Å²) in [6, 6.07) is 72.9. The van der Waals surface area contributed by atoms with Gasteiger partial charge in [-0.25, -0.2) is 0 Å². The Balaban J connectivity index is 0.872. The molecule has 10 aromatic rings. The van der Waals surface area contributed by atoms with Crippen molar-refractivity contribution in [3.05, 3.63) is 215 Å². The van der Waals surface area contributed by atoms with E-state index in [1.807, 2.05) is 0 Å². The molecule has 4 bridgehead atoms. The van der Waals surface area contributed by atoms with Crippen LogP contribution in [0.2, 0.25) is 0 Å². The molecule has 406 valence electrons. The van der Waals surface area contributed by atoms with Gasteiger partial charge in [-0.2, -0.15) is 0 Å². The molecule has 22 rings (SSSR count). The molecule has 2 aliphatic heterocycles. The van der Waals surface area contributed by atoms with Crippen molar-refractivity contribution < 1.29 is 0 Å². The molecular formula is C80H68BN3. The van der Waals surface area contributed by atoms with Crippen molar-refractivity contribution >= 4 is 73.7 Å². The smallest absolute Gasteiger partial charge is 0.333 e. The van der Waals surface area contributed by atoms with Crippen LogP contribution in [0.1, 0.15) is 125 Å². The zero-order chi connectivity index (χ0) is 54.9. The lowest BCUT2D eigenvalue weighted by atomic mass is 9.38.